The highest BCUT2D eigenvalue weighted by atomic mass is 16.5. The smallest absolute Gasteiger partial charge is 0.270 e. The van der Waals surface area contributed by atoms with E-state index in [-0.39, 0.29) is 17.9 Å². The lowest BCUT2D eigenvalue weighted by Crippen LogP contribution is -2.39. The summed E-state index contributed by atoms with van der Waals surface area (Å²) in [5.41, 5.74) is 5.04. The number of hydrogen-bond acceptors (Lipinski definition) is 4. The van der Waals surface area contributed by atoms with E-state index in [2.05, 4.69) is 27.6 Å². The SMILES string of the molecule is COc1ccc(C2NN=C3C(=O)N(C4CCCCC4)CC32)cc1. The van der Waals surface area contributed by atoms with Gasteiger partial charge < -0.3 is 15.1 Å². The highest BCUT2D eigenvalue weighted by Gasteiger charge is 2.47. The first kappa shape index (κ1) is 14.5. The van der Waals surface area contributed by atoms with E-state index in [0.717, 1.165) is 36.4 Å². The number of carbonyl (C=O) groups is 1. The molecule has 2 aliphatic heterocycles. The predicted molar refractivity (Wildman–Crippen MR) is 88.4 cm³/mol. The molecule has 0 radical (unpaired) electrons. The van der Waals surface area contributed by atoms with E-state index in [1.54, 1.807) is 7.11 Å². The van der Waals surface area contributed by atoms with E-state index in [4.69, 9.17) is 4.74 Å². The Morgan fingerprint density at radius 2 is 1.91 bits per heavy atom. The molecule has 1 aromatic carbocycles. The molecule has 3 aliphatic rings. The van der Waals surface area contributed by atoms with E-state index in [0.29, 0.717) is 6.04 Å². The Bertz CT molecular complexity index is 620. The van der Waals surface area contributed by atoms with Gasteiger partial charge in [0.15, 0.2) is 0 Å². The summed E-state index contributed by atoms with van der Waals surface area (Å²) in [6.07, 6.45) is 6.08. The third-order valence-corrected chi connectivity index (χ3v) is 5.44. The molecule has 122 valence electrons. The van der Waals surface area contributed by atoms with Gasteiger partial charge in [-0.15, -0.1) is 0 Å². The second-order valence-electron chi connectivity index (χ2n) is 6.73. The van der Waals surface area contributed by atoms with Gasteiger partial charge >= 0.3 is 0 Å². The molecular weight excluding hydrogens is 290 g/mol. The van der Waals surface area contributed by atoms with Crippen LogP contribution in [-0.4, -0.2) is 36.2 Å². The lowest BCUT2D eigenvalue weighted by Gasteiger charge is -2.31. The van der Waals surface area contributed by atoms with Crippen molar-refractivity contribution in [3.63, 3.8) is 0 Å². The molecule has 5 heteroatoms. The normalized spacial score (nSPS) is 27.6. The lowest BCUT2D eigenvalue weighted by molar-refractivity contribution is -0.125. The molecule has 1 amide bonds. The number of likely N-dealkylation sites (tertiary alicyclic amines) is 1. The maximum Gasteiger partial charge on any atom is 0.270 e. The quantitative estimate of drug-likeness (QED) is 0.933. The third kappa shape index (κ3) is 2.48. The molecule has 0 spiro atoms. The van der Waals surface area contributed by atoms with Crippen LogP contribution in [-0.2, 0) is 4.79 Å². The van der Waals surface area contributed by atoms with Crippen molar-refractivity contribution in [2.45, 2.75) is 44.2 Å². The molecule has 2 unspecified atom stereocenters. The summed E-state index contributed by atoms with van der Waals surface area (Å²) in [4.78, 5) is 14.8. The molecule has 23 heavy (non-hydrogen) atoms. The first-order chi connectivity index (χ1) is 11.3. The van der Waals surface area contributed by atoms with Crippen LogP contribution >= 0.6 is 0 Å². The second kappa shape index (κ2) is 5.87. The molecule has 1 saturated heterocycles. The fraction of sp³-hybridized carbons (Fsp3) is 0.556. The van der Waals surface area contributed by atoms with Crippen LogP contribution in [0.4, 0.5) is 0 Å². The summed E-state index contributed by atoms with van der Waals surface area (Å²) in [7, 11) is 1.67. The number of amides is 1. The summed E-state index contributed by atoms with van der Waals surface area (Å²) in [6.45, 7) is 0.798. The van der Waals surface area contributed by atoms with Gasteiger partial charge in [0.2, 0.25) is 0 Å². The van der Waals surface area contributed by atoms with E-state index in [1.165, 1.54) is 19.3 Å². The zero-order valence-electron chi connectivity index (χ0n) is 13.5. The summed E-state index contributed by atoms with van der Waals surface area (Å²) in [5.74, 6) is 1.16. The number of nitrogens with one attached hydrogen (secondary N) is 1. The van der Waals surface area contributed by atoms with Crippen LogP contribution in [0.2, 0.25) is 0 Å². The molecule has 1 aromatic rings. The molecular formula is C18H23N3O2. The fourth-order valence-corrected chi connectivity index (χ4v) is 4.14. The number of fused-ring (bicyclic) bond motifs is 1. The van der Waals surface area contributed by atoms with Crippen LogP contribution < -0.4 is 10.2 Å². The fourth-order valence-electron chi connectivity index (χ4n) is 4.14. The Labute approximate surface area is 136 Å². The van der Waals surface area contributed by atoms with E-state index in [1.807, 2.05) is 12.1 Å². The Hall–Kier alpha value is -2.04. The monoisotopic (exact) mass is 313 g/mol. The minimum Gasteiger partial charge on any atom is -0.497 e. The highest BCUT2D eigenvalue weighted by Crippen LogP contribution is 2.36. The van der Waals surface area contributed by atoms with Crippen molar-refractivity contribution in [1.29, 1.82) is 0 Å². The van der Waals surface area contributed by atoms with Gasteiger partial charge in [-0.05, 0) is 30.5 Å². The van der Waals surface area contributed by atoms with Crippen LogP contribution in [0.5, 0.6) is 5.75 Å². The molecule has 0 aromatic heterocycles. The largest absolute Gasteiger partial charge is 0.497 e. The average molecular weight is 313 g/mol. The van der Waals surface area contributed by atoms with Gasteiger partial charge in [-0.1, -0.05) is 31.4 Å². The maximum absolute atomic E-state index is 12.7. The molecule has 2 heterocycles. The molecule has 1 N–H and O–H groups in total. The van der Waals surface area contributed by atoms with E-state index < -0.39 is 0 Å². The van der Waals surface area contributed by atoms with Crippen LogP contribution in [0.3, 0.4) is 0 Å². The van der Waals surface area contributed by atoms with Gasteiger partial charge in [-0.2, -0.15) is 5.10 Å². The number of benzene rings is 1. The van der Waals surface area contributed by atoms with Crippen molar-refractivity contribution < 1.29 is 9.53 Å². The Balaban J connectivity index is 1.52. The standard InChI is InChI=1S/C18H23N3O2/c1-23-14-9-7-12(8-10-14)16-15-11-21(13-5-3-2-4-6-13)18(22)17(15)20-19-16/h7-10,13,15-16,19H,2-6,11H2,1H3. The van der Waals surface area contributed by atoms with Crippen LogP contribution in [0.1, 0.15) is 43.7 Å². The number of nitrogens with zero attached hydrogens (tertiary/aromatic N) is 2. The van der Waals surface area contributed by atoms with Crippen molar-refractivity contribution in [2.75, 3.05) is 13.7 Å². The number of hydrogen-bond donors (Lipinski definition) is 1. The number of rotatable bonds is 3. The molecule has 1 saturated carbocycles. The van der Waals surface area contributed by atoms with Crippen molar-refractivity contribution in [1.82, 2.24) is 10.3 Å². The summed E-state index contributed by atoms with van der Waals surface area (Å²) in [6, 6.07) is 8.55. The number of carbonyl (C=O) groups excluding carboxylic acids is 1. The maximum atomic E-state index is 12.7. The minimum absolute atomic E-state index is 0.0912. The van der Waals surface area contributed by atoms with E-state index >= 15 is 0 Å². The van der Waals surface area contributed by atoms with Gasteiger partial charge in [-0.25, -0.2) is 0 Å². The number of ether oxygens (including phenoxy) is 1. The van der Waals surface area contributed by atoms with Gasteiger partial charge in [-0.3, -0.25) is 4.79 Å². The first-order valence-corrected chi connectivity index (χ1v) is 8.56. The molecule has 1 aliphatic carbocycles. The Kier molecular flexibility index (Phi) is 3.71. The number of methoxy groups -OCH3 is 1. The van der Waals surface area contributed by atoms with Crippen molar-refractivity contribution in [3.8, 4) is 5.75 Å². The van der Waals surface area contributed by atoms with E-state index in [9.17, 15) is 4.79 Å². The predicted octanol–water partition coefficient (Wildman–Crippen LogP) is 2.49. The average Bonchev–Trinajstić information content (AvgIpc) is 3.16. The Morgan fingerprint density at radius 1 is 1.17 bits per heavy atom. The zero-order chi connectivity index (χ0) is 15.8. The van der Waals surface area contributed by atoms with Crippen LogP contribution in [0, 0.1) is 5.92 Å². The summed E-state index contributed by atoms with van der Waals surface area (Å²) >= 11 is 0. The summed E-state index contributed by atoms with van der Waals surface area (Å²) < 4.78 is 5.22. The van der Waals surface area contributed by atoms with Crippen molar-refractivity contribution >= 4 is 11.6 Å². The third-order valence-electron chi connectivity index (χ3n) is 5.44. The molecule has 5 nitrogen and oxygen atoms in total. The minimum atomic E-state index is 0.0912. The van der Waals surface area contributed by atoms with Crippen LogP contribution in [0.25, 0.3) is 0 Å². The number of hydrazone groups is 1. The molecule has 4 rings (SSSR count). The summed E-state index contributed by atoms with van der Waals surface area (Å²) in [5, 5.41) is 4.37. The molecule has 2 atom stereocenters. The Morgan fingerprint density at radius 3 is 2.61 bits per heavy atom. The van der Waals surface area contributed by atoms with Gasteiger partial charge in [0, 0.05) is 12.6 Å². The topological polar surface area (TPSA) is 53.9 Å². The van der Waals surface area contributed by atoms with Crippen LogP contribution in [0.15, 0.2) is 29.4 Å². The molecule has 0 bridgehead atoms. The van der Waals surface area contributed by atoms with Crippen molar-refractivity contribution in [3.05, 3.63) is 29.8 Å². The van der Waals surface area contributed by atoms with Gasteiger partial charge in [0.05, 0.1) is 19.1 Å². The zero-order valence-corrected chi connectivity index (χ0v) is 13.5. The highest BCUT2D eigenvalue weighted by molar-refractivity contribution is 6.42. The van der Waals surface area contributed by atoms with Gasteiger partial charge in [0.1, 0.15) is 11.5 Å². The second-order valence-corrected chi connectivity index (χ2v) is 6.73. The molecule has 2 fully saturated rings. The first-order valence-electron chi connectivity index (χ1n) is 8.56. The lowest BCUT2D eigenvalue weighted by atomic mass is 9.92. The van der Waals surface area contributed by atoms with Crippen molar-refractivity contribution in [2.24, 2.45) is 11.0 Å². The van der Waals surface area contributed by atoms with Gasteiger partial charge in [0.25, 0.3) is 5.91 Å².